The van der Waals surface area contributed by atoms with Crippen LogP contribution in [0.25, 0.3) is 0 Å². The monoisotopic (exact) mass is 315 g/mol. The van der Waals surface area contributed by atoms with E-state index < -0.39 is 15.6 Å². The average Bonchev–Trinajstić information content (AvgIpc) is 2.24. The lowest BCUT2D eigenvalue weighted by molar-refractivity contribution is 0.296. The zero-order valence-corrected chi connectivity index (χ0v) is 11.3. The fourth-order valence-electron chi connectivity index (χ4n) is 1.62. The Morgan fingerprint density at radius 2 is 2.18 bits per heavy atom. The van der Waals surface area contributed by atoms with Crippen LogP contribution in [-0.2, 0) is 10.0 Å². The highest BCUT2D eigenvalue weighted by molar-refractivity contribution is 9.10. The molecule has 5 nitrogen and oxygen atoms in total. The summed E-state index contributed by atoms with van der Waals surface area (Å²) in [5.74, 6) is 0. The Hall–Kier alpha value is -0.970. The molecule has 1 N–H and O–H groups in total. The van der Waals surface area contributed by atoms with E-state index in [1.807, 2.05) is 6.07 Å². The molecule has 1 saturated carbocycles. The van der Waals surface area contributed by atoms with Gasteiger partial charge in [-0.25, -0.2) is 8.42 Å². The van der Waals surface area contributed by atoms with Gasteiger partial charge in [0, 0.05) is 16.9 Å². The summed E-state index contributed by atoms with van der Waals surface area (Å²) in [6.07, 6.45) is 4.75. The highest BCUT2D eigenvalue weighted by atomic mass is 79.9. The fraction of sp³-hybridized carbons (Fsp3) is 0.400. The Bertz CT molecular complexity index is 575. The van der Waals surface area contributed by atoms with Gasteiger partial charge in [0.05, 0.1) is 6.07 Å². The summed E-state index contributed by atoms with van der Waals surface area (Å²) >= 11 is 3.16. The van der Waals surface area contributed by atoms with Crippen molar-refractivity contribution in [2.24, 2.45) is 0 Å². The maximum absolute atomic E-state index is 12.0. The molecule has 1 heterocycles. The molecule has 0 bridgehead atoms. The second-order valence-corrected chi connectivity index (χ2v) is 6.59. The van der Waals surface area contributed by atoms with Crippen molar-refractivity contribution in [1.29, 1.82) is 5.26 Å². The molecule has 1 aromatic heterocycles. The molecule has 2 rings (SSSR count). The third-order valence-electron chi connectivity index (χ3n) is 2.74. The van der Waals surface area contributed by atoms with Crippen LogP contribution in [0.4, 0.5) is 0 Å². The molecule has 90 valence electrons. The molecule has 0 aromatic carbocycles. The van der Waals surface area contributed by atoms with Crippen molar-refractivity contribution < 1.29 is 8.42 Å². The summed E-state index contributed by atoms with van der Waals surface area (Å²) in [6, 6.07) is 3.49. The van der Waals surface area contributed by atoms with E-state index in [0.717, 1.165) is 6.42 Å². The zero-order valence-electron chi connectivity index (χ0n) is 8.85. The van der Waals surface area contributed by atoms with Gasteiger partial charge in [0.15, 0.2) is 0 Å². The normalized spacial score (nSPS) is 18.1. The summed E-state index contributed by atoms with van der Waals surface area (Å²) in [5, 5.41) is 9.00. The molecule has 1 aromatic rings. The van der Waals surface area contributed by atoms with Gasteiger partial charge >= 0.3 is 0 Å². The Morgan fingerprint density at radius 1 is 1.47 bits per heavy atom. The Balaban J connectivity index is 2.29. The fourth-order valence-corrected chi connectivity index (χ4v) is 3.50. The van der Waals surface area contributed by atoms with Crippen LogP contribution in [0.1, 0.15) is 19.3 Å². The van der Waals surface area contributed by atoms with Crippen LogP contribution in [0.15, 0.2) is 27.8 Å². The summed E-state index contributed by atoms with van der Waals surface area (Å²) in [5.41, 5.74) is -0.929. The van der Waals surface area contributed by atoms with Gasteiger partial charge in [-0.05, 0) is 41.3 Å². The Kier molecular flexibility index (Phi) is 3.21. The summed E-state index contributed by atoms with van der Waals surface area (Å²) in [7, 11) is -3.68. The van der Waals surface area contributed by atoms with Crippen LogP contribution in [0, 0.1) is 11.3 Å². The zero-order chi connectivity index (χ0) is 12.5. The molecule has 0 radical (unpaired) electrons. The van der Waals surface area contributed by atoms with E-state index in [2.05, 4.69) is 25.6 Å². The molecule has 0 amide bonds. The molecular formula is C10H10BrN3O2S. The number of nitrogens with one attached hydrogen (secondary N) is 1. The number of pyridine rings is 1. The highest BCUT2D eigenvalue weighted by Crippen LogP contribution is 2.32. The first-order chi connectivity index (χ1) is 7.97. The first-order valence-corrected chi connectivity index (χ1v) is 7.31. The van der Waals surface area contributed by atoms with Gasteiger partial charge in [0.1, 0.15) is 10.4 Å². The number of sulfonamides is 1. The van der Waals surface area contributed by atoms with Crippen molar-refractivity contribution in [1.82, 2.24) is 9.71 Å². The van der Waals surface area contributed by atoms with Gasteiger partial charge < -0.3 is 0 Å². The average molecular weight is 316 g/mol. The van der Waals surface area contributed by atoms with Crippen molar-refractivity contribution in [3.8, 4) is 6.07 Å². The lowest BCUT2D eigenvalue weighted by atomic mass is 9.79. The van der Waals surface area contributed by atoms with Crippen molar-refractivity contribution >= 4 is 26.0 Å². The largest absolute Gasteiger partial charge is 0.262 e. The molecule has 7 heteroatoms. The van der Waals surface area contributed by atoms with E-state index >= 15 is 0 Å². The summed E-state index contributed by atoms with van der Waals surface area (Å²) in [4.78, 5) is 3.86. The van der Waals surface area contributed by atoms with Gasteiger partial charge in [0.2, 0.25) is 10.0 Å². The Labute approximate surface area is 108 Å². The first kappa shape index (κ1) is 12.5. The van der Waals surface area contributed by atoms with Crippen LogP contribution in [-0.4, -0.2) is 18.9 Å². The molecule has 0 spiro atoms. The lowest BCUT2D eigenvalue weighted by Gasteiger charge is -2.35. The van der Waals surface area contributed by atoms with Gasteiger partial charge in [0.25, 0.3) is 0 Å². The predicted octanol–water partition coefficient (Wildman–Crippen LogP) is 1.57. The number of hydrogen-bond donors (Lipinski definition) is 1. The smallest absolute Gasteiger partial charge is 0.243 e. The molecule has 17 heavy (non-hydrogen) atoms. The van der Waals surface area contributed by atoms with Crippen LogP contribution in [0.5, 0.6) is 0 Å². The topological polar surface area (TPSA) is 82.9 Å². The van der Waals surface area contributed by atoms with Crippen molar-refractivity contribution in [3.05, 3.63) is 22.9 Å². The molecule has 0 saturated heterocycles. The number of nitrogens with zero attached hydrogens (tertiary/aromatic N) is 2. The summed E-state index contributed by atoms with van der Waals surface area (Å²) in [6.45, 7) is 0. The SMILES string of the molecule is N#CC1(NS(=O)(=O)c2cncc(Br)c2)CCC1. The van der Waals surface area contributed by atoms with Crippen molar-refractivity contribution in [3.63, 3.8) is 0 Å². The molecule has 1 fully saturated rings. The second kappa shape index (κ2) is 4.37. The first-order valence-electron chi connectivity index (χ1n) is 5.03. The Morgan fingerprint density at radius 3 is 2.65 bits per heavy atom. The molecule has 1 aliphatic carbocycles. The van der Waals surface area contributed by atoms with Gasteiger partial charge in [-0.3, -0.25) is 4.98 Å². The van der Waals surface area contributed by atoms with Gasteiger partial charge in [-0.1, -0.05) is 0 Å². The van der Waals surface area contributed by atoms with Gasteiger partial charge in [-0.15, -0.1) is 0 Å². The molecule has 0 aliphatic heterocycles. The number of rotatable bonds is 3. The quantitative estimate of drug-likeness (QED) is 0.917. The number of nitriles is 1. The third-order valence-corrected chi connectivity index (χ3v) is 4.68. The maximum atomic E-state index is 12.0. The van der Waals surface area contributed by atoms with Crippen molar-refractivity contribution in [2.45, 2.75) is 29.7 Å². The van der Waals surface area contributed by atoms with E-state index in [0.29, 0.717) is 17.3 Å². The summed E-state index contributed by atoms with van der Waals surface area (Å²) < 4.78 is 27.1. The van der Waals surface area contributed by atoms with E-state index in [-0.39, 0.29) is 4.90 Å². The minimum atomic E-state index is -3.68. The number of aromatic nitrogens is 1. The lowest BCUT2D eigenvalue weighted by Crippen LogP contribution is -2.52. The molecule has 0 unspecified atom stereocenters. The number of hydrogen-bond acceptors (Lipinski definition) is 4. The van der Waals surface area contributed by atoms with Crippen LogP contribution in [0.3, 0.4) is 0 Å². The predicted molar refractivity (Wildman–Crippen MR) is 64.5 cm³/mol. The van der Waals surface area contributed by atoms with E-state index in [9.17, 15) is 8.42 Å². The minimum Gasteiger partial charge on any atom is -0.262 e. The molecule has 1 aliphatic rings. The van der Waals surface area contributed by atoms with Crippen LogP contribution < -0.4 is 4.72 Å². The van der Waals surface area contributed by atoms with E-state index in [1.54, 1.807) is 0 Å². The maximum Gasteiger partial charge on any atom is 0.243 e. The standard InChI is InChI=1S/C10H10BrN3O2S/c11-8-4-9(6-13-5-8)17(15,16)14-10(7-12)2-1-3-10/h4-6,14H,1-3H2. The van der Waals surface area contributed by atoms with E-state index in [1.165, 1.54) is 18.5 Å². The van der Waals surface area contributed by atoms with Crippen LogP contribution in [0.2, 0.25) is 0 Å². The molecule has 0 atom stereocenters. The minimum absolute atomic E-state index is 0.0633. The van der Waals surface area contributed by atoms with Gasteiger partial charge in [-0.2, -0.15) is 9.98 Å². The van der Waals surface area contributed by atoms with Crippen LogP contribution >= 0.6 is 15.9 Å². The third kappa shape index (κ3) is 2.49. The van der Waals surface area contributed by atoms with Crippen molar-refractivity contribution in [2.75, 3.05) is 0 Å². The second-order valence-electron chi connectivity index (χ2n) is 3.99. The number of halogens is 1. The molecular weight excluding hydrogens is 306 g/mol. The van der Waals surface area contributed by atoms with E-state index in [4.69, 9.17) is 5.26 Å². The highest BCUT2D eigenvalue weighted by Gasteiger charge is 2.41.